The molecule has 0 aliphatic carbocycles. The van der Waals surface area contributed by atoms with Crippen molar-refractivity contribution in [1.82, 2.24) is 0 Å². The lowest BCUT2D eigenvalue weighted by atomic mass is 10.1. The molecular formula is C27H48O9. The van der Waals surface area contributed by atoms with Crippen LogP contribution in [-0.2, 0) is 19.0 Å². The van der Waals surface area contributed by atoms with E-state index in [1.165, 1.54) is 44.9 Å². The Morgan fingerprint density at radius 3 is 1.42 bits per heavy atom. The van der Waals surface area contributed by atoms with Gasteiger partial charge in [0.15, 0.2) is 0 Å². The van der Waals surface area contributed by atoms with Gasteiger partial charge >= 0.3 is 11.9 Å². The van der Waals surface area contributed by atoms with Crippen molar-refractivity contribution in [3.05, 3.63) is 35.9 Å². The molecule has 0 atom stereocenters. The molecule has 0 amide bonds. The Bertz CT molecular complexity index is 572. The number of aliphatic hydroxyl groups excluding tert-OH is 2. The molecule has 0 heterocycles. The van der Waals surface area contributed by atoms with E-state index in [1.807, 2.05) is 0 Å². The van der Waals surface area contributed by atoms with Crippen LogP contribution >= 0.6 is 0 Å². The lowest BCUT2D eigenvalue weighted by Crippen LogP contribution is -2.11. The highest BCUT2D eigenvalue weighted by molar-refractivity contribution is 5.87. The summed E-state index contributed by atoms with van der Waals surface area (Å²) in [7, 11) is 0. The molecule has 1 aromatic rings. The number of carboxylic acid groups (broad SMARTS) is 2. The number of aliphatic hydroxyl groups is 2. The van der Waals surface area contributed by atoms with Gasteiger partial charge in [0.1, 0.15) is 0 Å². The molecule has 0 aliphatic heterocycles. The summed E-state index contributed by atoms with van der Waals surface area (Å²) >= 11 is 0. The van der Waals surface area contributed by atoms with E-state index in [2.05, 4.69) is 6.92 Å². The smallest absolute Gasteiger partial charge is 0.335 e. The Morgan fingerprint density at radius 2 is 1.06 bits per heavy atom. The summed E-state index contributed by atoms with van der Waals surface area (Å²) in [6.45, 7) is 4.99. The average Bonchev–Trinajstić information content (AvgIpc) is 2.88. The predicted molar refractivity (Wildman–Crippen MR) is 140 cm³/mol. The fourth-order valence-corrected chi connectivity index (χ4v) is 2.84. The highest BCUT2D eigenvalue weighted by Gasteiger charge is 1.97. The number of carbonyl (C=O) groups is 2. The van der Waals surface area contributed by atoms with Gasteiger partial charge in [-0.25, -0.2) is 4.79 Å². The molecule has 0 saturated carbocycles. The van der Waals surface area contributed by atoms with Gasteiger partial charge in [-0.2, -0.15) is 0 Å². The van der Waals surface area contributed by atoms with E-state index in [0.29, 0.717) is 51.6 Å². The SMILES string of the molecule is CCCCCCCCCCCC(=O)O.O=C(O)c1ccccc1.OCCOCCOCCOCCO. The zero-order valence-electron chi connectivity index (χ0n) is 21.9. The number of aliphatic carboxylic acids is 1. The molecule has 1 rings (SSSR count). The summed E-state index contributed by atoms with van der Waals surface area (Å²) < 4.78 is 15.0. The van der Waals surface area contributed by atoms with Gasteiger partial charge in [0.2, 0.25) is 0 Å². The lowest BCUT2D eigenvalue weighted by molar-refractivity contribution is -0.137. The number of carboxylic acids is 2. The summed E-state index contributed by atoms with van der Waals surface area (Å²) in [5.41, 5.74) is 0.331. The maximum Gasteiger partial charge on any atom is 0.335 e. The summed E-state index contributed by atoms with van der Waals surface area (Å²) in [6, 6.07) is 8.30. The summed E-state index contributed by atoms with van der Waals surface area (Å²) in [4.78, 5) is 20.4. The van der Waals surface area contributed by atoms with E-state index < -0.39 is 11.9 Å². The zero-order chi connectivity index (χ0) is 27.1. The summed E-state index contributed by atoms with van der Waals surface area (Å²) in [5.74, 6) is -1.54. The maximum absolute atomic E-state index is 10.2. The third-order valence-corrected chi connectivity index (χ3v) is 4.73. The second-order valence-electron chi connectivity index (χ2n) is 7.93. The van der Waals surface area contributed by atoms with Gasteiger partial charge in [-0.15, -0.1) is 0 Å². The quantitative estimate of drug-likeness (QED) is 0.175. The van der Waals surface area contributed by atoms with Gasteiger partial charge < -0.3 is 34.6 Å². The van der Waals surface area contributed by atoms with Crippen molar-refractivity contribution in [2.45, 2.75) is 71.1 Å². The molecular weight excluding hydrogens is 468 g/mol. The zero-order valence-corrected chi connectivity index (χ0v) is 21.9. The minimum atomic E-state index is -0.879. The molecule has 0 aromatic heterocycles. The number of aromatic carboxylic acids is 1. The van der Waals surface area contributed by atoms with E-state index in [9.17, 15) is 9.59 Å². The standard InChI is InChI=1S/C12H24O2.C8H18O5.C7H6O2/c1-2-3-4-5-6-7-8-9-10-11-12(13)14;9-1-3-11-5-7-13-8-6-12-4-2-10;8-7(9)6-4-2-1-3-5-6/h2-11H2,1H3,(H,13,14);9-10H,1-8H2;1-5H,(H,8,9). The van der Waals surface area contributed by atoms with Gasteiger partial charge in [-0.3, -0.25) is 4.79 Å². The van der Waals surface area contributed by atoms with Gasteiger partial charge in [0, 0.05) is 6.42 Å². The third kappa shape index (κ3) is 32.0. The molecule has 0 radical (unpaired) electrons. The number of hydrogen-bond donors (Lipinski definition) is 4. The highest BCUT2D eigenvalue weighted by Crippen LogP contribution is 2.10. The second kappa shape index (κ2) is 31.0. The van der Waals surface area contributed by atoms with Crippen LogP contribution in [0.25, 0.3) is 0 Å². The predicted octanol–water partition coefficient (Wildman–Crippen LogP) is 4.40. The average molecular weight is 517 g/mol. The van der Waals surface area contributed by atoms with E-state index in [4.69, 9.17) is 34.6 Å². The minimum Gasteiger partial charge on any atom is -0.481 e. The van der Waals surface area contributed by atoms with Crippen LogP contribution in [0.1, 0.15) is 81.5 Å². The van der Waals surface area contributed by atoms with Crippen molar-refractivity contribution >= 4 is 11.9 Å². The van der Waals surface area contributed by atoms with Crippen LogP contribution in [0.4, 0.5) is 0 Å². The summed E-state index contributed by atoms with van der Waals surface area (Å²) in [6.07, 6.45) is 11.5. The highest BCUT2D eigenvalue weighted by atomic mass is 16.5. The van der Waals surface area contributed by atoms with Gasteiger partial charge in [-0.05, 0) is 18.6 Å². The normalized spacial score (nSPS) is 10.1. The Labute approximate surface area is 216 Å². The number of ether oxygens (including phenoxy) is 3. The molecule has 210 valence electrons. The van der Waals surface area contributed by atoms with Crippen molar-refractivity contribution < 1.29 is 44.2 Å². The Balaban J connectivity index is 0. The molecule has 0 fully saturated rings. The first-order valence-electron chi connectivity index (χ1n) is 12.9. The Hall–Kier alpha value is -2.04. The molecule has 0 saturated heterocycles. The summed E-state index contributed by atoms with van der Waals surface area (Å²) in [5, 5.41) is 33.5. The first kappa shape index (κ1) is 36.1. The van der Waals surface area contributed by atoms with Crippen molar-refractivity contribution in [1.29, 1.82) is 0 Å². The number of hydrogen-bond acceptors (Lipinski definition) is 7. The number of benzene rings is 1. The van der Waals surface area contributed by atoms with E-state index in [0.717, 1.165) is 12.8 Å². The first-order valence-corrected chi connectivity index (χ1v) is 12.9. The largest absolute Gasteiger partial charge is 0.481 e. The van der Waals surface area contributed by atoms with Gasteiger partial charge in [-0.1, -0.05) is 76.5 Å². The van der Waals surface area contributed by atoms with Crippen LogP contribution in [0.15, 0.2) is 30.3 Å². The molecule has 1 aromatic carbocycles. The van der Waals surface area contributed by atoms with Crippen molar-refractivity contribution in [2.24, 2.45) is 0 Å². The van der Waals surface area contributed by atoms with Crippen molar-refractivity contribution in [3.8, 4) is 0 Å². The van der Waals surface area contributed by atoms with Crippen molar-refractivity contribution in [3.63, 3.8) is 0 Å². The minimum absolute atomic E-state index is 0.0413. The molecule has 36 heavy (non-hydrogen) atoms. The Kier molecular flexibility index (Phi) is 31.1. The second-order valence-corrected chi connectivity index (χ2v) is 7.93. The maximum atomic E-state index is 10.2. The molecule has 0 bridgehead atoms. The topological polar surface area (TPSA) is 143 Å². The van der Waals surface area contributed by atoms with E-state index >= 15 is 0 Å². The van der Waals surface area contributed by atoms with Crippen LogP contribution in [0, 0.1) is 0 Å². The van der Waals surface area contributed by atoms with Crippen LogP contribution in [0.3, 0.4) is 0 Å². The van der Waals surface area contributed by atoms with E-state index in [1.54, 1.807) is 30.3 Å². The molecule has 9 nitrogen and oxygen atoms in total. The van der Waals surface area contributed by atoms with Crippen LogP contribution in [0.2, 0.25) is 0 Å². The molecule has 0 aliphatic rings. The monoisotopic (exact) mass is 516 g/mol. The van der Waals surface area contributed by atoms with Gasteiger partial charge in [0.05, 0.1) is 58.4 Å². The van der Waals surface area contributed by atoms with E-state index in [-0.39, 0.29) is 13.2 Å². The first-order chi connectivity index (χ1) is 17.5. The van der Waals surface area contributed by atoms with Gasteiger partial charge in [0.25, 0.3) is 0 Å². The Morgan fingerprint density at radius 1 is 0.639 bits per heavy atom. The molecule has 9 heteroatoms. The fourth-order valence-electron chi connectivity index (χ4n) is 2.84. The van der Waals surface area contributed by atoms with Crippen LogP contribution in [-0.4, -0.2) is 85.2 Å². The van der Waals surface area contributed by atoms with Crippen LogP contribution < -0.4 is 0 Å². The van der Waals surface area contributed by atoms with Crippen molar-refractivity contribution in [2.75, 3.05) is 52.9 Å². The third-order valence-electron chi connectivity index (χ3n) is 4.73. The lowest BCUT2D eigenvalue weighted by Gasteiger charge is -2.04. The number of unbranched alkanes of at least 4 members (excludes halogenated alkanes) is 8. The number of rotatable bonds is 21. The molecule has 4 N–H and O–H groups in total. The fraction of sp³-hybridized carbons (Fsp3) is 0.704. The molecule has 0 spiro atoms. The molecule has 0 unspecified atom stereocenters. The van der Waals surface area contributed by atoms with Crippen LogP contribution in [0.5, 0.6) is 0 Å².